The average molecular weight is 272 g/mol. The van der Waals surface area contributed by atoms with E-state index in [2.05, 4.69) is 0 Å². The van der Waals surface area contributed by atoms with Gasteiger partial charge >= 0.3 is 0 Å². The van der Waals surface area contributed by atoms with E-state index in [-0.39, 0.29) is 30.9 Å². The Balaban J connectivity index is 2.20. The molecule has 0 spiro atoms. The molecule has 0 saturated carbocycles. The van der Waals surface area contributed by atoms with Gasteiger partial charge in [0, 0.05) is 18.0 Å². The Morgan fingerprint density at radius 2 is 2.28 bits per heavy atom. The minimum absolute atomic E-state index is 0.0133. The van der Waals surface area contributed by atoms with Gasteiger partial charge in [-0.15, -0.1) is 0 Å². The highest BCUT2D eigenvalue weighted by atomic mass is 35.5. The van der Waals surface area contributed by atoms with Crippen LogP contribution in [0.3, 0.4) is 0 Å². The zero-order valence-corrected chi connectivity index (χ0v) is 10.7. The smallest absolute Gasteiger partial charge is 0.223 e. The highest BCUT2D eigenvalue weighted by Crippen LogP contribution is 2.24. The lowest BCUT2D eigenvalue weighted by Gasteiger charge is -2.34. The van der Waals surface area contributed by atoms with Crippen molar-refractivity contribution in [3.63, 3.8) is 0 Å². The molecule has 1 aromatic rings. The fourth-order valence-corrected chi connectivity index (χ4v) is 2.42. The van der Waals surface area contributed by atoms with Crippen LogP contribution >= 0.6 is 11.6 Å². The zero-order chi connectivity index (χ0) is 13.1. The zero-order valence-electron chi connectivity index (χ0n) is 9.90. The van der Waals surface area contributed by atoms with E-state index in [0.717, 1.165) is 12.8 Å². The van der Waals surface area contributed by atoms with E-state index in [0.29, 0.717) is 17.0 Å². The van der Waals surface area contributed by atoms with Crippen molar-refractivity contribution in [1.29, 1.82) is 0 Å². The van der Waals surface area contributed by atoms with E-state index in [1.807, 2.05) is 0 Å². The second kappa shape index (κ2) is 5.67. The summed E-state index contributed by atoms with van der Waals surface area (Å²) in [6.07, 6.45) is 2.04. The molecule has 18 heavy (non-hydrogen) atoms. The van der Waals surface area contributed by atoms with Gasteiger partial charge in [-0.1, -0.05) is 11.6 Å². The summed E-state index contributed by atoms with van der Waals surface area (Å²) >= 11 is 5.99. The van der Waals surface area contributed by atoms with Crippen molar-refractivity contribution in [3.05, 3.63) is 34.6 Å². The van der Waals surface area contributed by atoms with Gasteiger partial charge in [-0.2, -0.15) is 0 Å². The quantitative estimate of drug-likeness (QED) is 0.917. The lowest BCUT2D eigenvalue weighted by molar-refractivity contribution is -0.138. The Hall–Kier alpha value is -1.13. The molecule has 1 amide bonds. The van der Waals surface area contributed by atoms with Gasteiger partial charge in [0.2, 0.25) is 5.91 Å². The Bertz CT molecular complexity index is 453. The number of benzene rings is 1. The number of carbonyl (C=O) groups excluding carboxylic acids is 1. The highest BCUT2D eigenvalue weighted by molar-refractivity contribution is 6.31. The number of aliphatic hydroxyl groups is 1. The Kier molecular flexibility index (Phi) is 4.19. The first-order valence-electron chi connectivity index (χ1n) is 5.96. The predicted molar refractivity (Wildman–Crippen MR) is 66.7 cm³/mol. The molecule has 1 atom stereocenters. The lowest BCUT2D eigenvalue weighted by atomic mass is 10.0. The van der Waals surface area contributed by atoms with E-state index < -0.39 is 0 Å². The lowest BCUT2D eigenvalue weighted by Crippen LogP contribution is -2.45. The number of aliphatic hydroxyl groups excluding tert-OH is 1. The standard InChI is InChI=1S/C13H15ClFNO2/c14-12-5-4-10(15)6-9(12)7-16-11(8-17)2-1-3-13(16)18/h4-6,11,17H,1-3,7-8H2. The topological polar surface area (TPSA) is 40.5 Å². The molecule has 1 N–H and O–H groups in total. The van der Waals surface area contributed by atoms with Crippen LogP contribution in [0, 0.1) is 5.82 Å². The molecule has 1 saturated heterocycles. The fraction of sp³-hybridized carbons (Fsp3) is 0.462. The van der Waals surface area contributed by atoms with Crippen molar-refractivity contribution in [3.8, 4) is 0 Å². The van der Waals surface area contributed by atoms with E-state index in [1.54, 1.807) is 4.90 Å². The van der Waals surface area contributed by atoms with Crippen LogP contribution < -0.4 is 0 Å². The van der Waals surface area contributed by atoms with Crippen molar-refractivity contribution in [2.24, 2.45) is 0 Å². The molecule has 0 aliphatic carbocycles. The number of hydrogen-bond acceptors (Lipinski definition) is 2. The van der Waals surface area contributed by atoms with E-state index in [9.17, 15) is 14.3 Å². The van der Waals surface area contributed by atoms with E-state index in [4.69, 9.17) is 11.6 Å². The van der Waals surface area contributed by atoms with Crippen LogP contribution in [0.25, 0.3) is 0 Å². The summed E-state index contributed by atoms with van der Waals surface area (Å²) in [5.74, 6) is -0.389. The SMILES string of the molecule is O=C1CCCC(CO)N1Cc1cc(F)ccc1Cl. The van der Waals surface area contributed by atoms with E-state index in [1.165, 1.54) is 18.2 Å². The minimum atomic E-state index is -0.376. The van der Waals surface area contributed by atoms with Crippen LogP contribution in [0.2, 0.25) is 5.02 Å². The number of piperidine rings is 1. The van der Waals surface area contributed by atoms with Gasteiger partial charge in [0.1, 0.15) is 5.82 Å². The van der Waals surface area contributed by atoms with Gasteiger partial charge in [-0.05, 0) is 36.6 Å². The molecule has 1 aromatic carbocycles. The normalized spacial score (nSPS) is 20.3. The van der Waals surface area contributed by atoms with Gasteiger partial charge in [0.05, 0.1) is 12.6 Å². The molecule has 3 nitrogen and oxygen atoms in total. The van der Waals surface area contributed by atoms with Crippen LogP contribution in [0.1, 0.15) is 24.8 Å². The monoisotopic (exact) mass is 271 g/mol. The maximum atomic E-state index is 13.2. The molecular formula is C13H15ClFNO2. The van der Waals surface area contributed by atoms with Crippen molar-refractivity contribution in [2.75, 3.05) is 6.61 Å². The van der Waals surface area contributed by atoms with Crippen LogP contribution in [0.4, 0.5) is 4.39 Å². The summed E-state index contributed by atoms with van der Waals surface area (Å²) in [5, 5.41) is 9.72. The molecule has 1 aliphatic heterocycles. The molecule has 0 bridgehead atoms. The molecule has 1 unspecified atom stereocenters. The Morgan fingerprint density at radius 1 is 1.50 bits per heavy atom. The van der Waals surface area contributed by atoms with Gasteiger partial charge < -0.3 is 10.0 Å². The largest absolute Gasteiger partial charge is 0.394 e. The molecule has 2 rings (SSSR count). The molecule has 1 fully saturated rings. The van der Waals surface area contributed by atoms with Crippen LogP contribution in [0.5, 0.6) is 0 Å². The fourth-order valence-electron chi connectivity index (χ4n) is 2.25. The first-order valence-corrected chi connectivity index (χ1v) is 6.34. The molecule has 98 valence electrons. The second-order valence-electron chi connectivity index (χ2n) is 4.49. The minimum Gasteiger partial charge on any atom is -0.394 e. The van der Waals surface area contributed by atoms with Crippen molar-refractivity contribution < 1.29 is 14.3 Å². The molecule has 0 radical (unpaired) electrons. The first-order chi connectivity index (χ1) is 8.61. The Labute approximate surface area is 110 Å². The summed E-state index contributed by atoms with van der Waals surface area (Å²) in [7, 11) is 0. The maximum absolute atomic E-state index is 13.2. The molecule has 0 aromatic heterocycles. The summed E-state index contributed by atoms with van der Waals surface area (Å²) in [4.78, 5) is 13.4. The third-order valence-corrected chi connectivity index (χ3v) is 3.62. The van der Waals surface area contributed by atoms with Gasteiger partial charge in [-0.25, -0.2) is 4.39 Å². The van der Waals surface area contributed by atoms with Gasteiger partial charge in [0.15, 0.2) is 0 Å². The maximum Gasteiger partial charge on any atom is 0.223 e. The summed E-state index contributed by atoms with van der Waals surface area (Å²) in [6.45, 7) is 0.180. The molecule has 1 aliphatic rings. The molecule has 1 heterocycles. The number of carbonyl (C=O) groups is 1. The third kappa shape index (κ3) is 2.82. The summed E-state index contributed by atoms with van der Waals surface area (Å²) in [5.41, 5.74) is 0.574. The number of amides is 1. The Morgan fingerprint density at radius 3 is 3.00 bits per heavy atom. The first kappa shape index (κ1) is 13.3. The molecular weight excluding hydrogens is 257 g/mol. The van der Waals surface area contributed by atoms with Crippen LogP contribution in [-0.2, 0) is 11.3 Å². The predicted octanol–water partition coefficient (Wildman–Crippen LogP) is 2.35. The van der Waals surface area contributed by atoms with Gasteiger partial charge in [-0.3, -0.25) is 4.79 Å². The average Bonchev–Trinajstić information content (AvgIpc) is 2.36. The van der Waals surface area contributed by atoms with Gasteiger partial charge in [0.25, 0.3) is 0 Å². The van der Waals surface area contributed by atoms with Crippen molar-refractivity contribution in [1.82, 2.24) is 4.90 Å². The summed E-state index contributed by atoms with van der Waals surface area (Å²) in [6, 6.07) is 3.91. The number of hydrogen-bond donors (Lipinski definition) is 1. The number of rotatable bonds is 3. The number of nitrogens with zero attached hydrogens (tertiary/aromatic N) is 1. The van der Waals surface area contributed by atoms with Crippen molar-refractivity contribution in [2.45, 2.75) is 31.8 Å². The summed E-state index contributed by atoms with van der Waals surface area (Å²) < 4.78 is 13.2. The number of halogens is 2. The second-order valence-corrected chi connectivity index (χ2v) is 4.89. The van der Waals surface area contributed by atoms with Crippen molar-refractivity contribution >= 4 is 17.5 Å². The third-order valence-electron chi connectivity index (χ3n) is 3.25. The van der Waals surface area contributed by atoms with E-state index >= 15 is 0 Å². The van der Waals surface area contributed by atoms with Crippen LogP contribution in [-0.4, -0.2) is 28.6 Å². The number of likely N-dealkylation sites (tertiary alicyclic amines) is 1. The van der Waals surface area contributed by atoms with Crippen LogP contribution in [0.15, 0.2) is 18.2 Å². The highest BCUT2D eigenvalue weighted by Gasteiger charge is 2.27. The molecule has 5 heteroatoms.